The van der Waals surface area contributed by atoms with E-state index in [-0.39, 0.29) is 19.4 Å². The highest BCUT2D eigenvalue weighted by Gasteiger charge is 2.46. The highest BCUT2D eigenvalue weighted by Crippen LogP contribution is 2.24. The van der Waals surface area contributed by atoms with Crippen molar-refractivity contribution >= 4 is 22.1 Å². The maximum absolute atomic E-state index is 12.8. The fraction of sp³-hybridized carbons (Fsp3) is 0.760. The molecule has 0 bridgehead atoms. The zero-order valence-electron chi connectivity index (χ0n) is 38.9. The third-order valence-electron chi connectivity index (χ3n) is 10.8. The number of aliphatic hydroxyl groups excluding tert-OH is 3. The largest absolute Gasteiger partial charge is 0.462 e. The van der Waals surface area contributed by atoms with Gasteiger partial charge in [-0.05, 0) is 83.5 Å². The SMILES string of the molecule is CCCCC/C=C\C/C=C\C/C=C\CCCCCCCCC(=O)OC(COC(=O)CCCCCCC/C=C\C/C=C\CCCCCC)COC1OC(CS(=O)(=O)O)C(O)C(O)C1O. The minimum Gasteiger partial charge on any atom is -0.462 e. The summed E-state index contributed by atoms with van der Waals surface area (Å²) in [5.41, 5.74) is 0. The summed E-state index contributed by atoms with van der Waals surface area (Å²) in [6.07, 6.45) is 39.6. The molecule has 0 amide bonds. The lowest BCUT2D eigenvalue weighted by Gasteiger charge is -2.40. The summed E-state index contributed by atoms with van der Waals surface area (Å²) in [4.78, 5) is 25.5. The van der Waals surface area contributed by atoms with E-state index in [0.29, 0.717) is 12.8 Å². The average molecular weight is 911 g/mol. The summed E-state index contributed by atoms with van der Waals surface area (Å²) >= 11 is 0. The van der Waals surface area contributed by atoms with Crippen molar-refractivity contribution in [3.05, 3.63) is 60.8 Å². The van der Waals surface area contributed by atoms with Gasteiger partial charge < -0.3 is 34.3 Å². The normalized spacial score (nSPS) is 20.3. The zero-order chi connectivity index (χ0) is 46.2. The molecule has 4 N–H and O–H groups in total. The quantitative estimate of drug-likeness (QED) is 0.0198. The number of esters is 2. The molecule has 6 atom stereocenters. The Labute approximate surface area is 381 Å². The van der Waals surface area contributed by atoms with E-state index in [9.17, 15) is 37.9 Å². The Morgan fingerprint density at radius 3 is 1.44 bits per heavy atom. The van der Waals surface area contributed by atoms with Gasteiger partial charge in [0, 0.05) is 12.8 Å². The Kier molecular flexibility index (Phi) is 36.8. The Bertz CT molecular complexity index is 1390. The summed E-state index contributed by atoms with van der Waals surface area (Å²) in [6, 6.07) is 0. The first kappa shape index (κ1) is 58.4. The minimum absolute atomic E-state index is 0.144. The molecule has 1 heterocycles. The van der Waals surface area contributed by atoms with E-state index < -0.39 is 71.2 Å². The van der Waals surface area contributed by atoms with Crippen molar-refractivity contribution in [1.29, 1.82) is 0 Å². The molecule has 0 saturated carbocycles. The second kappa shape index (κ2) is 39.7. The number of aliphatic hydroxyl groups is 3. The minimum atomic E-state index is -4.61. The van der Waals surface area contributed by atoms with Crippen LogP contribution in [0, 0.1) is 0 Å². The maximum Gasteiger partial charge on any atom is 0.306 e. The van der Waals surface area contributed by atoms with Gasteiger partial charge in [-0.3, -0.25) is 14.1 Å². The lowest BCUT2D eigenvalue weighted by Crippen LogP contribution is -2.60. The lowest BCUT2D eigenvalue weighted by atomic mass is 10.00. The standard InChI is InChI=1S/C50H86O12S/c1-3-5-7-9-11-13-15-17-19-21-22-23-25-27-29-31-33-35-37-39-46(52)61-43(41-60-50-49(55)48(54)47(53)44(62-50)42-63(56,57)58)40-59-45(51)38-36-34-32-30-28-26-24-20-18-16-14-12-10-8-6-4-2/h11,13-14,16-17,19-20,22-24,43-44,47-50,53-55H,3-10,12,15,18,21,25-42H2,1-2H3,(H,56,57,58)/b13-11-,16-14-,19-17-,23-22-,24-20-. The van der Waals surface area contributed by atoms with Crippen LogP contribution in [-0.2, 0) is 38.7 Å². The number of carbonyl (C=O) groups is 2. The van der Waals surface area contributed by atoms with E-state index in [2.05, 4.69) is 74.6 Å². The number of hydrogen-bond acceptors (Lipinski definition) is 11. The van der Waals surface area contributed by atoms with Gasteiger partial charge in [0.25, 0.3) is 10.1 Å². The van der Waals surface area contributed by atoms with Crippen molar-refractivity contribution in [3.8, 4) is 0 Å². The van der Waals surface area contributed by atoms with Crippen molar-refractivity contribution in [2.24, 2.45) is 0 Å². The van der Waals surface area contributed by atoms with Crippen LogP contribution >= 0.6 is 0 Å². The molecule has 13 heteroatoms. The predicted molar refractivity (Wildman–Crippen MR) is 252 cm³/mol. The van der Waals surface area contributed by atoms with Crippen molar-refractivity contribution in [2.75, 3.05) is 19.0 Å². The average Bonchev–Trinajstić information content (AvgIpc) is 3.25. The summed E-state index contributed by atoms with van der Waals surface area (Å²) in [6.45, 7) is 3.70. The van der Waals surface area contributed by atoms with Gasteiger partial charge >= 0.3 is 11.9 Å². The first-order valence-corrected chi connectivity index (χ1v) is 26.0. The van der Waals surface area contributed by atoms with Crippen LogP contribution in [0.4, 0.5) is 0 Å². The number of allylic oxidation sites excluding steroid dienone is 10. The fourth-order valence-electron chi connectivity index (χ4n) is 7.01. The zero-order valence-corrected chi connectivity index (χ0v) is 39.7. The van der Waals surface area contributed by atoms with Crippen LogP contribution in [-0.4, -0.2) is 96.0 Å². The smallest absolute Gasteiger partial charge is 0.306 e. The van der Waals surface area contributed by atoms with E-state index in [4.69, 9.17) is 18.9 Å². The molecule has 0 aromatic rings. The first-order valence-electron chi connectivity index (χ1n) is 24.3. The van der Waals surface area contributed by atoms with E-state index in [1.54, 1.807) is 0 Å². The third kappa shape index (κ3) is 34.4. The van der Waals surface area contributed by atoms with Gasteiger partial charge in [0.05, 0.1) is 6.61 Å². The number of ether oxygens (including phenoxy) is 4. The van der Waals surface area contributed by atoms with Crippen LogP contribution < -0.4 is 0 Å². The first-order chi connectivity index (χ1) is 30.5. The molecule has 0 spiro atoms. The second-order valence-electron chi connectivity index (χ2n) is 16.8. The molecule has 6 unspecified atom stereocenters. The molecule has 0 aromatic carbocycles. The number of carbonyl (C=O) groups excluding carboxylic acids is 2. The molecule has 1 aliphatic rings. The maximum atomic E-state index is 12.8. The topological polar surface area (TPSA) is 186 Å². The van der Waals surface area contributed by atoms with Crippen molar-refractivity contribution in [3.63, 3.8) is 0 Å². The molecule has 0 aromatic heterocycles. The molecule has 1 aliphatic heterocycles. The van der Waals surface area contributed by atoms with Crippen LogP contribution in [0.5, 0.6) is 0 Å². The molecule has 0 aliphatic carbocycles. The van der Waals surface area contributed by atoms with Gasteiger partial charge in [0.2, 0.25) is 0 Å². The molecular weight excluding hydrogens is 825 g/mol. The van der Waals surface area contributed by atoms with E-state index >= 15 is 0 Å². The third-order valence-corrected chi connectivity index (χ3v) is 11.6. The number of rotatable bonds is 40. The van der Waals surface area contributed by atoms with Crippen molar-refractivity contribution in [2.45, 2.75) is 224 Å². The Morgan fingerprint density at radius 2 is 0.952 bits per heavy atom. The van der Waals surface area contributed by atoms with Gasteiger partial charge in [-0.2, -0.15) is 8.42 Å². The number of unbranched alkanes of at least 4 members (excludes halogenated alkanes) is 18. The fourth-order valence-corrected chi connectivity index (χ4v) is 7.70. The van der Waals surface area contributed by atoms with Crippen LogP contribution in [0.15, 0.2) is 60.8 Å². The lowest BCUT2D eigenvalue weighted by molar-refractivity contribution is -0.297. The summed E-state index contributed by atoms with van der Waals surface area (Å²) in [7, 11) is -4.61. The van der Waals surface area contributed by atoms with Crippen LogP contribution in [0.2, 0.25) is 0 Å². The van der Waals surface area contributed by atoms with Gasteiger partial charge in [-0.25, -0.2) is 0 Å². The van der Waals surface area contributed by atoms with E-state index in [1.165, 1.54) is 51.4 Å². The van der Waals surface area contributed by atoms with E-state index in [0.717, 1.165) is 96.3 Å². The Balaban J connectivity index is 2.44. The molecule has 364 valence electrons. The summed E-state index contributed by atoms with van der Waals surface area (Å²) in [5, 5.41) is 30.9. The Morgan fingerprint density at radius 1 is 0.540 bits per heavy atom. The molecule has 1 saturated heterocycles. The van der Waals surface area contributed by atoms with Crippen LogP contribution in [0.25, 0.3) is 0 Å². The molecule has 0 radical (unpaired) electrons. The van der Waals surface area contributed by atoms with Crippen LogP contribution in [0.1, 0.15) is 187 Å². The van der Waals surface area contributed by atoms with Gasteiger partial charge in [0.15, 0.2) is 12.4 Å². The van der Waals surface area contributed by atoms with Gasteiger partial charge in [-0.15, -0.1) is 0 Å². The van der Waals surface area contributed by atoms with Gasteiger partial charge in [-0.1, -0.05) is 152 Å². The monoisotopic (exact) mass is 911 g/mol. The second-order valence-corrected chi connectivity index (χ2v) is 18.3. The van der Waals surface area contributed by atoms with Gasteiger partial charge in [0.1, 0.15) is 36.8 Å². The molecule has 1 fully saturated rings. The predicted octanol–water partition coefficient (Wildman–Crippen LogP) is 10.5. The summed E-state index contributed by atoms with van der Waals surface area (Å²) in [5.74, 6) is -2.02. The summed E-state index contributed by atoms with van der Waals surface area (Å²) < 4.78 is 54.1. The molecule has 63 heavy (non-hydrogen) atoms. The number of hydrogen-bond donors (Lipinski definition) is 4. The molecule has 12 nitrogen and oxygen atoms in total. The highest BCUT2D eigenvalue weighted by atomic mass is 32.2. The van der Waals surface area contributed by atoms with Crippen molar-refractivity contribution < 1.29 is 56.8 Å². The van der Waals surface area contributed by atoms with Crippen molar-refractivity contribution in [1.82, 2.24) is 0 Å². The molecular formula is C50H86O12S. The highest BCUT2D eigenvalue weighted by molar-refractivity contribution is 7.85. The Hall–Kier alpha value is -2.65. The molecule has 1 rings (SSSR count). The van der Waals surface area contributed by atoms with E-state index in [1.807, 2.05) is 0 Å². The van der Waals surface area contributed by atoms with Crippen LogP contribution in [0.3, 0.4) is 0 Å².